The lowest BCUT2D eigenvalue weighted by Gasteiger charge is -2.44. The molecule has 2 amide bonds. The minimum atomic E-state index is -1.15. The van der Waals surface area contributed by atoms with Crippen LogP contribution in [0.1, 0.15) is 37.0 Å². The van der Waals surface area contributed by atoms with E-state index >= 15 is 0 Å². The second-order valence-corrected chi connectivity index (χ2v) is 7.27. The molecular weight excluding hydrogens is 355 g/mol. The summed E-state index contributed by atoms with van der Waals surface area (Å²) in [6, 6.07) is 3.88. The molecule has 0 radical (unpaired) electrons. The molecule has 146 valence electrons. The van der Waals surface area contributed by atoms with E-state index in [1.54, 1.807) is 4.90 Å². The van der Waals surface area contributed by atoms with Crippen molar-refractivity contribution in [2.75, 3.05) is 19.7 Å². The van der Waals surface area contributed by atoms with Crippen LogP contribution >= 0.6 is 0 Å². The molecular formula is C19H23FN2O5. The zero-order valence-corrected chi connectivity index (χ0v) is 15.4. The number of carboxylic acids is 1. The summed E-state index contributed by atoms with van der Waals surface area (Å²) in [7, 11) is 0. The molecule has 0 aliphatic carbocycles. The van der Waals surface area contributed by atoms with Crippen LogP contribution in [0.2, 0.25) is 0 Å². The highest BCUT2D eigenvalue weighted by Crippen LogP contribution is 2.38. The van der Waals surface area contributed by atoms with Crippen LogP contribution in [0.3, 0.4) is 0 Å². The molecule has 27 heavy (non-hydrogen) atoms. The third-order valence-corrected chi connectivity index (χ3v) is 5.21. The lowest BCUT2D eigenvalue weighted by Crippen LogP contribution is -2.59. The van der Waals surface area contributed by atoms with Gasteiger partial charge in [-0.15, -0.1) is 0 Å². The van der Waals surface area contributed by atoms with Crippen molar-refractivity contribution in [1.29, 1.82) is 0 Å². The van der Waals surface area contributed by atoms with E-state index in [0.29, 0.717) is 25.9 Å². The van der Waals surface area contributed by atoms with Gasteiger partial charge in [-0.3, -0.25) is 14.5 Å². The Hall–Kier alpha value is -2.48. The number of piperidine rings is 1. The van der Waals surface area contributed by atoms with Gasteiger partial charge in [0.25, 0.3) is 5.91 Å². The summed E-state index contributed by atoms with van der Waals surface area (Å²) < 4.78 is 19.0. The first-order valence-corrected chi connectivity index (χ1v) is 9.00. The van der Waals surface area contributed by atoms with Crippen LogP contribution in [-0.2, 0) is 14.3 Å². The predicted molar refractivity (Wildman–Crippen MR) is 93.3 cm³/mol. The van der Waals surface area contributed by atoms with Crippen LogP contribution in [0.25, 0.3) is 0 Å². The maximum Gasteiger partial charge on any atom is 0.328 e. The second kappa shape index (κ2) is 7.26. The molecule has 1 aromatic carbocycles. The number of likely N-dealkylation sites (tertiary alicyclic amines) is 1. The van der Waals surface area contributed by atoms with Crippen molar-refractivity contribution in [3.63, 3.8) is 0 Å². The first-order chi connectivity index (χ1) is 12.7. The summed E-state index contributed by atoms with van der Waals surface area (Å²) in [5.74, 6) is -2.25. The first kappa shape index (κ1) is 19.3. The molecule has 1 N–H and O–H groups in total. The molecule has 2 aliphatic heterocycles. The van der Waals surface area contributed by atoms with E-state index in [-0.39, 0.29) is 24.0 Å². The van der Waals surface area contributed by atoms with E-state index in [9.17, 15) is 23.9 Å². The van der Waals surface area contributed by atoms with Crippen molar-refractivity contribution in [2.45, 2.75) is 38.5 Å². The molecule has 2 fully saturated rings. The fraction of sp³-hybridized carbons (Fsp3) is 0.526. The molecule has 2 saturated heterocycles. The van der Waals surface area contributed by atoms with Crippen LogP contribution in [0.5, 0.6) is 0 Å². The molecule has 1 atom stereocenters. The number of nitrogens with zero attached hydrogens (tertiary/aromatic N) is 2. The smallest absolute Gasteiger partial charge is 0.328 e. The molecule has 2 aliphatic rings. The van der Waals surface area contributed by atoms with Crippen molar-refractivity contribution < 1.29 is 28.6 Å². The van der Waals surface area contributed by atoms with Gasteiger partial charge in [-0.25, -0.2) is 9.18 Å². The number of benzene rings is 1. The third-order valence-electron chi connectivity index (χ3n) is 5.21. The Morgan fingerprint density at radius 2 is 1.78 bits per heavy atom. The largest absolute Gasteiger partial charge is 0.480 e. The monoisotopic (exact) mass is 378 g/mol. The Morgan fingerprint density at radius 1 is 1.19 bits per heavy atom. The van der Waals surface area contributed by atoms with Gasteiger partial charge >= 0.3 is 5.97 Å². The summed E-state index contributed by atoms with van der Waals surface area (Å²) in [4.78, 5) is 39.9. The molecule has 3 rings (SSSR count). The Labute approximate surface area is 156 Å². The van der Waals surface area contributed by atoms with Gasteiger partial charge in [0.15, 0.2) is 6.04 Å². The van der Waals surface area contributed by atoms with Gasteiger partial charge in [0.2, 0.25) is 5.91 Å². The van der Waals surface area contributed by atoms with Crippen molar-refractivity contribution in [1.82, 2.24) is 9.80 Å². The summed E-state index contributed by atoms with van der Waals surface area (Å²) in [5.41, 5.74) is -0.865. The van der Waals surface area contributed by atoms with Crippen LogP contribution in [-0.4, -0.2) is 64.2 Å². The molecule has 2 heterocycles. The standard InChI is InChI=1S/C19H23FN2O5/c1-12(2)16(23)21-9-7-19(8-10-21)22(15(11-27-19)18(25)26)17(24)13-3-5-14(20)6-4-13/h3-6,12,15H,7-11H2,1-2H3,(H,25,26)/t15-/m1/s1. The van der Waals surface area contributed by atoms with E-state index in [4.69, 9.17) is 4.74 Å². The zero-order chi connectivity index (χ0) is 19.8. The molecule has 0 bridgehead atoms. The zero-order valence-electron chi connectivity index (χ0n) is 15.4. The fourth-order valence-electron chi connectivity index (χ4n) is 3.73. The van der Waals surface area contributed by atoms with Gasteiger partial charge in [-0.2, -0.15) is 0 Å². The highest BCUT2D eigenvalue weighted by Gasteiger charge is 2.54. The molecule has 1 spiro atoms. The van der Waals surface area contributed by atoms with Gasteiger partial charge in [0, 0.05) is 37.4 Å². The van der Waals surface area contributed by atoms with Crippen molar-refractivity contribution >= 4 is 17.8 Å². The summed E-state index contributed by atoms with van der Waals surface area (Å²) in [6.07, 6.45) is 0.671. The molecule has 0 saturated carbocycles. The first-order valence-electron chi connectivity index (χ1n) is 9.00. The maximum absolute atomic E-state index is 13.2. The van der Waals surface area contributed by atoms with Crippen LogP contribution in [0, 0.1) is 11.7 Å². The number of ether oxygens (including phenoxy) is 1. The van der Waals surface area contributed by atoms with E-state index in [0.717, 1.165) is 12.1 Å². The number of carbonyl (C=O) groups excluding carboxylic acids is 2. The number of carboxylic acid groups (broad SMARTS) is 1. The number of carbonyl (C=O) groups is 3. The van der Waals surface area contributed by atoms with E-state index in [1.807, 2.05) is 13.8 Å². The normalized spacial score (nSPS) is 21.7. The SMILES string of the molecule is CC(C)C(=O)N1CCC2(CC1)OC[C@H](C(=O)O)N2C(=O)c1ccc(F)cc1. The predicted octanol–water partition coefficient (Wildman–Crippen LogP) is 1.73. The summed E-state index contributed by atoms with van der Waals surface area (Å²) >= 11 is 0. The quantitative estimate of drug-likeness (QED) is 0.866. The van der Waals surface area contributed by atoms with Crippen LogP contribution < -0.4 is 0 Å². The van der Waals surface area contributed by atoms with E-state index in [1.165, 1.54) is 17.0 Å². The average molecular weight is 378 g/mol. The Morgan fingerprint density at radius 3 is 2.30 bits per heavy atom. The van der Waals surface area contributed by atoms with Crippen molar-refractivity contribution in [3.05, 3.63) is 35.6 Å². The lowest BCUT2D eigenvalue weighted by molar-refractivity contribution is -0.149. The number of halogens is 1. The van der Waals surface area contributed by atoms with Gasteiger partial charge in [-0.05, 0) is 24.3 Å². The molecule has 0 aromatic heterocycles. The Bertz CT molecular complexity index is 741. The number of hydrogen-bond donors (Lipinski definition) is 1. The van der Waals surface area contributed by atoms with E-state index < -0.39 is 29.5 Å². The van der Waals surface area contributed by atoms with Crippen molar-refractivity contribution in [3.8, 4) is 0 Å². The topological polar surface area (TPSA) is 87.2 Å². The highest BCUT2D eigenvalue weighted by atomic mass is 19.1. The van der Waals surface area contributed by atoms with Gasteiger partial charge < -0.3 is 14.7 Å². The Kier molecular flexibility index (Phi) is 5.19. The number of amides is 2. The van der Waals surface area contributed by atoms with E-state index in [2.05, 4.69) is 0 Å². The molecule has 7 nitrogen and oxygen atoms in total. The van der Waals surface area contributed by atoms with Gasteiger partial charge in [-0.1, -0.05) is 13.8 Å². The van der Waals surface area contributed by atoms with Gasteiger partial charge in [0.1, 0.15) is 11.5 Å². The second-order valence-electron chi connectivity index (χ2n) is 7.27. The maximum atomic E-state index is 13.2. The fourth-order valence-corrected chi connectivity index (χ4v) is 3.73. The number of aliphatic carboxylic acids is 1. The molecule has 1 aromatic rings. The summed E-state index contributed by atoms with van der Waals surface area (Å²) in [5, 5.41) is 9.55. The summed E-state index contributed by atoms with van der Waals surface area (Å²) in [6.45, 7) is 4.31. The van der Waals surface area contributed by atoms with Crippen LogP contribution in [0.4, 0.5) is 4.39 Å². The average Bonchev–Trinajstić information content (AvgIpc) is 3.00. The third kappa shape index (κ3) is 3.53. The number of hydrogen-bond acceptors (Lipinski definition) is 4. The minimum absolute atomic E-state index is 0.0223. The lowest BCUT2D eigenvalue weighted by atomic mass is 9.96. The molecule has 0 unspecified atom stereocenters. The Balaban J connectivity index is 1.86. The van der Waals surface area contributed by atoms with Crippen molar-refractivity contribution in [2.24, 2.45) is 5.92 Å². The van der Waals surface area contributed by atoms with Gasteiger partial charge in [0.05, 0.1) is 6.61 Å². The van der Waals surface area contributed by atoms with Crippen LogP contribution in [0.15, 0.2) is 24.3 Å². The highest BCUT2D eigenvalue weighted by molar-refractivity contribution is 5.97. The minimum Gasteiger partial charge on any atom is -0.480 e. The number of rotatable bonds is 3. The molecule has 8 heteroatoms.